The van der Waals surface area contributed by atoms with Gasteiger partial charge in [-0.25, -0.2) is 0 Å². The lowest BCUT2D eigenvalue weighted by molar-refractivity contribution is 0.655. The number of nitrogens with one attached hydrogen (secondary N) is 2. The molecule has 0 spiro atoms. The maximum Gasteiger partial charge on any atom is 0.0641 e. The van der Waals surface area contributed by atoms with Crippen molar-refractivity contribution >= 4 is 44.7 Å². The Kier molecular flexibility index (Phi) is 7.12. The minimum atomic E-state index is 0.852. The predicted octanol–water partition coefficient (Wildman–Crippen LogP) is 8.57. The molecule has 0 atom stereocenters. The van der Waals surface area contributed by atoms with Crippen molar-refractivity contribution in [3.63, 3.8) is 0 Å². The number of H-pyrrole nitrogens is 2. The molecule has 6 aromatic rings. The average molecular weight is 497 g/mol. The quantitative estimate of drug-likeness (QED) is 0.108. The molecule has 0 unspecified atom stereocenters. The van der Waals surface area contributed by atoms with Crippen LogP contribution in [0.4, 0.5) is 0 Å². The summed E-state index contributed by atoms with van der Waals surface area (Å²) in [6.45, 7) is 1.72. The van der Waals surface area contributed by atoms with Crippen LogP contribution in [-0.2, 0) is 0 Å². The van der Waals surface area contributed by atoms with Crippen molar-refractivity contribution in [1.29, 1.82) is 0 Å². The molecule has 0 aliphatic heterocycles. The molecular weight excluding hydrogens is 464 g/mol. The smallest absolute Gasteiger partial charge is 0.0641 e. The molecule has 0 fully saturated rings. The van der Waals surface area contributed by atoms with Crippen molar-refractivity contribution in [3.05, 3.63) is 109 Å². The maximum atomic E-state index is 4.67. The Morgan fingerprint density at radius 3 is 2.05 bits per heavy atom. The first-order valence-corrected chi connectivity index (χ1v) is 13.5. The fraction of sp³-hybridized carbons (Fsp3) is 0.176. The summed E-state index contributed by atoms with van der Waals surface area (Å²) < 4.78 is 0. The summed E-state index contributed by atoms with van der Waals surface area (Å²) in [6, 6.07) is 32.2. The first-order valence-electron chi connectivity index (χ1n) is 13.5. The lowest BCUT2D eigenvalue weighted by Crippen LogP contribution is -1.89. The van der Waals surface area contributed by atoms with Crippen molar-refractivity contribution < 1.29 is 0 Å². The number of nitrogens with zero attached hydrogens (tertiary/aromatic N) is 2. The van der Waals surface area contributed by atoms with E-state index in [9.17, 15) is 0 Å². The van der Waals surface area contributed by atoms with Gasteiger partial charge in [-0.1, -0.05) is 85.6 Å². The standard InChI is InChI=1S/C34H32N4/c1(2-10-20-36-24-34-29-14-6-4-12-26(29)22-37-34)9-19-35-23-27-17-18-33(38-27)32-21-25-11-3-5-13-28(25)30-15-7-8-16-31(30)32/h3-8,11-18,21-24,37-38H,1-2,9-10,19-20H2. The van der Waals surface area contributed by atoms with Crippen LogP contribution in [0.5, 0.6) is 0 Å². The van der Waals surface area contributed by atoms with Crippen LogP contribution in [0.1, 0.15) is 37.1 Å². The molecule has 0 aliphatic rings. The molecule has 4 aromatic carbocycles. The van der Waals surface area contributed by atoms with Crippen molar-refractivity contribution in [1.82, 2.24) is 9.97 Å². The first-order chi connectivity index (χ1) is 18.9. The molecule has 0 aliphatic carbocycles. The molecule has 0 amide bonds. The summed E-state index contributed by atoms with van der Waals surface area (Å²) in [7, 11) is 0. The van der Waals surface area contributed by atoms with Crippen LogP contribution in [0.15, 0.2) is 107 Å². The van der Waals surface area contributed by atoms with E-state index in [4.69, 9.17) is 0 Å². The number of hydrogen-bond donors (Lipinski definition) is 2. The number of hydrogen-bond acceptors (Lipinski definition) is 2. The van der Waals surface area contributed by atoms with Crippen LogP contribution in [0.2, 0.25) is 0 Å². The molecule has 0 saturated carbocycles. The van der Waals surface area contributed by atoms with Gasteiger partial charge in [0.25, 0.3) is 0 Å². The summed E-state index contributed by atoms with van der Waals surface area (Å²) in [5, 5.41) is 7.56. The van der Waals surface area contributed by atoms with E-state index in [1.807, 2.05) is 18.6 Å². The zero-order valence-corrected chi connectivity index (χ0v) is 21.5. The molecule has 0 saturated heterocycles. The van der Waals surface area contributed by atoms with Gasteiger partial charge in [0.1, 0.15) is 0 Å². The lowest BCUT2D eigenvalue weighted by atomic mass is 9.96. The van der Waals surface area contributed by atoms with E-state index in [0.29, 0.717) is 0 Å². The number of benzene rings is 4. The fourth-order valence-corrected chi connectivity index (χ4v) is 5.21. The Balaban J connectivity index is 0.985. The molecule has 6 rings (SSSR count). The van der Waals surface area contributed by atoms with Crippen molar-refractivity contribution in [3.8, 4) is 11.3 Å². The number of aromatic nitrogens is 2. The monoisotopic (exact) mass is 496 g/mol. The second kappa shape index (κ2) is 11.3. The lowest BCUT2D eigenvalue weighted by Gasteiger charge is -2.09. The average Bonchev–Trinajstić information content (AvgIpc) is 3.61. The van der Waals surface area contributed by atoms with Gasteiger partial charge in [0.15, 0.2) is 0 Å². The molecule has 2 heterocycles. The Morgan fingerprint density at radius 1 is 0.579 bits per heavy atom. The molecular formula is C34H32N4. The van der Waals surface area contributed by atoms with E-state index >= 15 is 0 Å². The Labute approximate surface area is 223 Å². The zero-order valence-electron chi connectivity index (χ0n) is 21.5. The number of fused-ring (bicyclic) bond motifs is 4. The Morgan fingerprint density at radius 2 is 1.24 bits per heavy atom. The van der Waals surface area contributed by atoms with Crippen molar-refractivity contribution in [2.24, 2.45) is 9.98 Å². The van der Waals surface area contributed by atoms with Crippen molar-refractivity contribution in [2.75, 3.05) is 13.1 Å². The van der Waals surface area contributed by atoms with Gasteiger partial charge in [0, 0.05) is 48.4 Å². The second-order valence-electron chi connectivity index (χ2n) is 9.79. The van der Waals surface area contributed by atoms with Crippen LogP contribution < -0.4 is 0 Å². The molecule has 38 heavy (non-hydrogen) atoms. The third kappa shape index (κ3) is 5.16. The van der Waals surface area contributed by atoms with E-state index < -0.39 is 0 Å². The van der Waals surface area contributed by atoms with Gasteiger partial charge in [-0.15, -0.1) is 0 Å². The van der Waals surface area contributed by atoms with Crippen LogP contribution in [0.3, 0.4) is 0 Å². The minimum absolute atomic E-state index is 0.852. The van der Waals surface area contributed by atoms with E-state index in [1.165, 1.54) is 50.7 Å². The van der Waals surface area contributed by atoms with E-state index in [1.54, 1.807) is 0 Å². The molecule has 0 bridgehead atoms. The third-order valence-corrected chi connectivity index (χ3v) is 7.18. The predicted molar refractivity (Wildman–Crippen MR) is 163 cm³/mol. The minimum Gasteiger partial charge on any atom is -0.359 e. The van der Waals surface area contributed by atoms with Crippen LogP contribution >= 0.6 is 0 Å². The van der Waals surface area contributed by atoms with E-state index in [2.05, 4.69) is 111 Å². The number of aliphatic imine (C=N–C) groups is 2. The maximum absolute atomic E-state index is 4.67. The summed E-state index contributed by atoms with van der Waals surface area (Å²) in [4.78, 5) is 16.2. The van der Waals surface area contributed by atoms with E-state index in [-0.39, 0.29) is 0 Å². The molecule has 2 aromatic heterocycles. The van der Waals surface area contributed by atoms with E-state index in [0.717, 1.165) is 43.0 Å². The summed E-state index contributed by atoms with van der Waals surface area (Å²) in [6.07, 6.45) is 10.5. The SMILES string of the molecule is C(=NCCCCCCN=Cc1[nH]cc2ccccc12)c1ccc(-c2cc3ccccc3c3ccccc23)[nH]1. The normalized spacial score (nSPS) is 12.1. The van der Waals surface area contributed by atoms with Gasteiger partial charge in [-0.2, -0.15) is 0 Å². The molecule has 0 radical (unpaired) electrons. The van der Waals surface area contributed by atoms with Crippen molar-refractivity contribution in [2.45, 2.75) is 25.7 Å². The number of aromatic amines is 2. The summed E-state index contributed by atoms with van der Waals surface area (Å²) in [5.41, 5.74) is 4.49. The van der Waals surface area contributed by atoms with Crippen LogP contribution in [0, 0.1) is 0 Å². The third-order valence-electron chi connectivity index (χ3n) is 7.18. The summed E-state index contributed by atoms with van der Waals surface area (Å²) >= 11 is 0. The van der Waals surface area contributed by atoms with Gasteiger partial charge in [0.05, 0.1) is 11.4 Å². The van der Waals surface area contributed by atoms with Gasteiger partial charge in [-0.05, 0) is 58.0 Å². The van der Waals surface area contributed by atoms with Crippen LogP contribution in [-0.4, -0.2) is 35.5 Å². The highest BCUT2D eigenvalue weighted by Gasteiger charge is 2.09. The van der Waals surface area contributed by atoms with Crippen LogP contribution in [0.25, 0.3) is 43.6 Å². The zero-order chi connectivity index (χ0) is 25.6. The highest BCUT2D eigenvalue weighted by molar-refractivity contribution is 6.13. The van der Waals surface area contributed by atoms with Gasteiger partial charge in [-0.3, -0.25) is 9.98 Å². The Bertz CT molecular complexity index is 1730. The Hall–Kier alpha value is -4.44. The largest absolute Gasteiger partial charge is 0.359 e. The number of unbranched alkanes of at least 4 members (excludes halogenated alkanes) is 3. The number of rotatable bonds is 10. The first kappa shape index (κ1) is 23.9. The topological polar surface area (TPSA) is 56.3 Å². The highest BCUT2D eigenvalue weighted by Crippen LogP contribution is 2.34. The molecule has 2 N–H and O–H groups in total. The van der Waals surface area contributed by atoms with Gasteiger partial charge < -0.3 is 9.97 Å². The summed E-state index contributed by atoms with van der Waals surface area (Å²) in [5.74, 6) is 0. The van der Waals surface area contributed by atoms with Gasteiger partial charge >= 0.3 is 0 Å². The fourth-order valence-electron chi connectivity index (χ4n) is 5.21. The molecule has 188 valence electrons. The molecule has 4 nitrogen and oxygen atoms in total. The second-order valence-corrected chi connectivity index (χ2v) is 9.79. The van der Waals surface area contributed by atoms with Gasteiger partial charge in [0.2, 0.25) is 0 Å². The highest BCUT2D eigenvalue weighted by atomic mass is 14.8. The molecule has 4 heteroatoms.